The van der Waals surface area contributed by atoms with Crippen LogP contribution in [0.2, 0.25) is 0 Å². The topological polar surface area (TPSA) is 39.2 Å². The fraction of sp³-hybridized carbons (Fsp3) is 0.333. The molecule has 1 aromatic carbocycles. The van der Waals surface area contributed by atoms with E-state index in [0.29, 0.717) is 12.0 Å². The molecule has 1 heterocycles. The SMILES string of the molecule is CCC(OC)C(=O)c1ccc2nc(C)ccc2c1. The zero-order valence-corrected chi connectivity index (χ0v) is 10.9. The molecule has 0 N–H and O–H groups in total. The first-order valence-electron chi connectivity index (χ1n) is 6.10. The van der Waals surface area contributed by atoms with E-state index in [4.69, 9.17) is 4.74 Å². The van der Waals surface area contributed by atoms with Gasteiger partial charge in [0.15, 0.2) is 5.78 Å². The maximum absolute atomic E-state index is 12.2. The molecule has 18 heavy (non-hydrogen) atoms. The summed E-state index contributed by atoms with van der Waals surface area (Å²) in [6, 6.07) is 9.52. The summed E-state index contributed by atoms with van der Waals surface area (Å²) in [4.78, 5) is 16.6. The van der Waals surface area contributed by atoms with Crippen molar-refractivity contribution in [2.45, 2.75) is 26.4 Å². The Kier molecular flexibility index (Phi) is 3.72. The predicted octanol–water partition coefficient (Wildman–Crippen LogP) is 3.15. The van der Waals surface area contributed by atoms with E-state index >= 15 is 0 Å². The van der Waals surface area contributed by atoms with Gasteiger partial charge in [-0.1, -0.05) is 13.0 Å². The van der Waals surface area contributed by atoms with Crippen molar-refractivity contribution in [3.8, 4) is 0 Å². The maximum atomic E-state index is 12.2. The van der Waals surface area contributed by atoms with Gasteiger partial charge in [-0.25, -0.2) is 0 Å². The Labute approximate surface area is 107 Å². The number of hydrogen-bond donors (Lipinski definition) is 0. The molecule has 2 aromatic rings. The molecule has 0 aliphatic heterocycles. The summed E-state index contributed by atoms with van der Waals surface area (Å²) in [5, 5.41) is 0.984. The highest BCUT2D eigenvalue weighted by molar-refractivity contribution is 6.02. The van der Waals surface area contributed by atoms with Crippen molar-refractivity contribution in [3.05, 3.63) is 41.6 Å². The number of rotatable bonds is 4. The molecule has 1 aromatic heterocycles. The second-order valence-corrected chi connectivity index (χ2v) is 4.36. The molecule has 2 rings (SSSR count). The lowest BCUT2D eigenvalue weighted by molar-refractivity contribution is 0.0596. The highest BCUT2D eigenvalue weighted by atomic mass is 16.5. The van der Waals surface area contributed by atoms with Crippen molar-refractivity contribution in [3.63, 3.8) is 0 Å². The van der Waals surface area contributed by atoms with Crippen molar-refractivity contribution in [1.29, 1.82) is 0 Å². The van der Waals surface area contributed by atoms with E-state index in [0.717, 1.165) is 16.6 Å². The van der Waals surface area contributed by atoms with E-state index in [-0.39, 0.29) is 11.9 Å². The van der Waals surface area contributed by atoms with Crippen molar-refractivity contribution < 1.29 is 9.53 Å². The molecule has 1 atom stereocenters. The van der Waals surface area contributed by atoms with E-state index in [1.165, 1.54) is 0 Å². The van der Waals surface area contributed by atoms with Crippen molar-refractivity contribution in [2.24, 2.45) is 0 Å². The molecule has 94 valence electrons. The smallest absolute Gasteiger partial charge is 0.191 e. The molecular formula is C15H17NO2. The van der Waals surface area contributed by atoms with Gasteiger partial charge in [0.1, 0.15) is 6.10 Å². The lowest BCUT2D eigenvalue weighted by Gasteiger charge is -2.12. The zero-order valence-electron chi connectivity index (χ0n) is 10.9. The average Bonchev–Trinajstić information content (AvgIpc) is 2.39. The molecule has 0 radical (unpaired) electrons. The van der Waals surface area contributed by atoms with Gasteiger partial charge in [-0.2, -0.15) is 0 Å². The van der Waals surface area contributed by atoms with Gasteiger partial charge in [0, 0.05) is 23.8 Å². The first kappa shape index (κ1) is 12.7. The van der Waals surface area contributed by atoms with Gasteiger partial charge >= 0.3 is 0 Å². The first-order valence-corrected chi connectivity index (χ1v) is 6.10. The van der Waals surface area contributed by atoms with Gasteiger partial charge in [-0.3, -0.25) is 9.78 Å². The summed E-state index contributed by atoms with van der Waals surface area (Å²) in [5.74, 6) is 0.0301. The van der Waals surface area contributed by atoms with Gasteiger partial charge in [-0.15, -0.1) is 0 Å². The van der Waals surface area contributed by atoms with Crippen LogP contribution in [0.5, 0.6) is 0 Å². The number of hydrogen-bond acceptors (Lipinski definition) is 3. The maximum Gasteiger partial charge on any atom is 0.191 e. The molecule has 0 aliphatic carbocycles. The summed E-state index contributed by atoms with van der Waals surface area (Å²) in [5.41, 5.74) is 2.57. The van der Waals surface area contributed by atoms with Crippen LogP contribution in [0.15, 0.2) is 30.3 Å². The quantitative estimate of drug-likeness (QED) is 0.774. The fourth-order valence-electron chi connectivity index (χ4n) is 2.03. The molecule has 0 amide bonds. The molecule has 0 aliphatic rings. The monoisotopic (exact) mass is 243 g/mol. The molecule has 1 unspecified atom stereocenters. The molecule has 3 nitrogen and oxygen atoms in total. The molecule has 0 bridgehead atoms. The minimum Gasteiger partial charge on any atom is -0.373 e. The molecule has 0 saturated carbocycles. The number of ketones is 1. The highest BCUT2D eigenvalue weighted by Gasteiger charge is 2.17. The number of fused-ring (bicyclic) bond motifs is 1. The minimum absolute atomic E-state index is 0.0301. The second-order valence-electron chi connectivity index (χ2n) is 4.36. The average molecular weight is 243 g/mol. The number of aromatic nitrogens is 1. The normalized spacial score (nSPS) is 12.6. The molecule has 0 saturated heterocycles. The van der Waals surface area contributed by atoms with Gasteiger partial charge in [0.25, 0.3) is 0 Å². The Bertz CT molecular complexity index is 574. The van der Waals surface area contributed by atoms with Crippen LogP contribution >= 0.6 is 0 Å². The number of carbonyl (C=O) groups is 1. The number of carbonyl (C=O) groups excluding carboxylic acids is 1. The zero-order chi connectivity index (χ0) is 13.1. The highest BCUT2D eigenvalue weighted by Crippen LogP contribution is 2.17. The number of aryl methyl sites for hydroxylation is 1. The molecule has 0 spiro atoms. The number of ether oxygens (including phenoxy) is 1. The van der Waals surface area contributed by atoms with Gasteiger partial charge in [-0.05, 0) is 37.6 Å². The summed E-state index contributed by atoms with van der Waals surface area (Å²) in [6.45, 7) is 3.90. The van der Waals surface area contributed by atoms with E-state index in [1.807, 2.05) is 44.2 Å². The summed E-state index contributed by atoms with van der Waals surface area (Å²) in [6.07, 6.45) is 0.320. The van der Waals surface area contributed by atoms with Crippen LogP contribution in [0.1, 0.15) is 29.4 Å². The minimum atomic E-state index is -0.360. The first-order chi connectivity index (χ1) is 8.65. The summed E-state index contributed by atoms with van der Waals surface area (Å²) in [7, 11) is 1.57. The van der Waals surface area contributed by atoms with E-state index in [9.17, 15) is 4.79 Å². The molecule has 3 heteroatoms. The van der Waals surface area contributed by atoms with Crippen LogP contribution in [0.25, 0.3) is 10.9 Å². The number of benzene rings is 1. The second kappa shape index (κ2) is 5.27. The number of Topliss-reactive ketones (excluding diaryl/α,β-unsaturated/α-hetero) is 1. The van der Waals surface area contributed by atoms with Crippen LogP contribution < -0.4 is 0 Å². The number of methoxy groups -OCH3 is 1. The summed E-state index contributed by atoms with van der Waals surface area (Å²) >= 11 is 0. The summed E-state index contributed by atoms with van der Waals surface area (Å²) < 4.78 is 5.18. The Morgan fingerprint density at radius 1 is 1.33 bits per heavy atom. The van der Waals surface area contributed by atoms with Gasteiger partial charge < -0.3 is 4.74 Å². The van der Waals surface area contributed by atoms with Gasteiger partial charge in [0.2, 0.25) is 0 Å². The standard InChI is InChI=1S/C15H17NO2/c1-4-14(18-3)15(17)12-7-8-13-11(9-12)6-5-10(2)16-13/h5-9,14H,4H2,1-3H3. The lowest BCUT2D eigenvalue weighted by Crippen LogP contribution is -2.22. The third-order valence-corrected chi connectivity index (χ3v) is 3.06. The Hall–Kier alpha value is -1.74. The van der Waals surface area contributed by atoms with Gasteiger partial charge in [0.05, 0.1) is 5.52 Å². The van der Waals surface area contributed by atoms with Crippen molar-refractivity contribution >= 4 is 16.7 Å². The van der Waals surface area contributed by atoms with Crippen LogP contribution in [-0.4, -0.2) is 24.0 Å². The molecule has 0 fully saturated rings. The van der Waals surface area contributed by atoms with Crippen LogP contribution in [-0.2, 0) is 4.74 Å². The van der Waals surface area contributed by atoms with Crippen molar-refractivity contribution in [2.75, 3.05) is 7.11 Å². The molecular weight excluding hydrogens is 226 g/mol. The largest absolute Gasteiger partial charge is 0.373 e. The van der Waals surface area contributed by atoms with Crippen LogP contribution in [0, 0.1) is 6.92 Å². The lowest BCUT2D eigenvalue weighted by atomic mass is 10.0. The number of pyridine rings is 1. The van der Waals surface area contributed by atoms with E-state index in [2.05, 4.69) is 4.98 Å². The van der Waals surface area contributed by atoms with Crippen LogP contribution in [0.4, 0.5) is 0 Å². The predicted molar refractivity (Wildman–Crippen MR) is 71.9 cm³/mol. The van der Waals surface area contributed by atoms with Crippen molar-refractivity contribution in [1.82, 2.24) is 4.98 Å². The Balaban J connectivity index is 2.41. The number of nitrogens with zero attached hydrogens (tertiary/aromatic N) is 1. The van der Waals surface area contributed by atoms with E-state index < -0.39 is 0 Å². The third-order valence-electron chi connectivity index (χ3n) is 3.06. The fourth-order valence-corrected chi connectivity index (χ4v) is 2.03. The van der Waals surface area contributed by atoms with Crippen LogP contribution in [0.3, 0.4) is 0 Å². The van der Waals surface area contributed by atoms with E-state index in [1.54, 1.807) is 7.11 Å². The Morgan fingerprint density at radius 3 is 2.78 bits per heavy atom. The third kappa shape index (κ3) is 2.41. The Morgan fingerprint density at radius 2 is 2.11 bits per heavy atom.